The van der Waals surface area contributed by atoms with E-state index < -0.39 is 0 Å². The summed E-state index contributed by atoms with van der Waals surface area (Å²) in [5, 5.41) is 5.37. The molecule has 10 rings (SSSR count). The van der Waals surface area contributed by atoms with Gasteiger partial charge in [-0.25, -0.2) is 9.98 Å². The molecule has 6 heterocycles. The number of hydrogen-bond acceptors (Lipinski definition) is 2. The van der Waals surface area contributed by atoms with Gasteiger partial charge < -0.3 is 15.0 Å². The van der Waals surface area contributed by atoms with Crippen molar-refractivity contribution in [1.82, 2.24) is 19.9 Å². The monoisotopic (exact) mass is 763 g/mol. The Labute approximate surface area is 323 Å². The van der Waals surface area contributed by atoms with Crippen LogP contribution in [0.4, 0.5) is 0 Å². The second-order valence-corrected chi connectivity index (χ2v) is 14.8. The van der Waals surface area contributed by atoms with Crippen LogP contribution in [0.1, 0.15) is 39.3 Å². The Morgan fingerprint density at radius 1 is 0.434 bits per heavy atom. The third-order valence-electron chi connectivity index (χ3n) is 9.79. The van der Waals surface area contributed by atoms with Crippen LogP contribution in [0, 0.1) is 0 Å². The Morgan fingerprint density at radius 3 is 1.60 bits per heavy atom. The molecule has 0 saturated carbocycles. The molecule has 0 aliphatic carbocycles. The highest BCUT2D eigenvalue weighted by Crippen LogP contribution is 2.37. The molecule has 4 aromatic heterocycles. The van der Waals surface area contributed by atoms with Crippen molar-refractivity contribution in [1.29, 1.82) is 0 Å². The van der Waals surface area contributed by atoms with Gasteiger partial charge >= 0.3 is 0 Å². The number of rotatable bonds is 3. The van der Waals surface area contributed by atoms with E-state index in [1.54, 1.807) is 0 Å². The molecule has 3 N–H and O–H groups in total. The molecule has 2 aliphatic heterocycles. The van der Waals surface area contributed by atoms with Gasteiger partial charge in [0.05, 0.1) is 33.7 Å². The molecule has 5 nitrogen and oxygen atoms in total. The number of hydrogen-bond donors (Lipinski definition) is 3. The van der Waals surface area contributed by atoms with E-state index in [1.165, 1.54) is 0 Å². The first kappa shape index (κ1) is 32.1. The topological polar surface area (TPSA) is 72.6 Å². The first-order valence-corrected chi connectivity index (χ1v) is 18.4. The minimum Gasteiger partial charge on any atom is -0.354 e. The lowest BCUT2D eigenvalue weighted by molar-refractivity contribution is 1.21. The predicted octanol–water partition coefficient (Wildman–Crippen LogP) is 10.6. The molecule has 0 radical (unpaired) electrons. The summed E-state index contributed by atoms with van der Waals surface area (Å²) in [6.07, 6.45) is 4.14. The van der Waals surface area contributed by atoms with Crippen LogP contribution in [0.25, 0.3) is 38.7 Å². The van der Waals surface area contributed by atoms with Crippen LogP contribution < -0.4 is 10.7 Å². The molecule has 0 amide bonds. The van der Waals surface area contributed by atoms with Crippen LogP contribution in [-0.2, 0) is 0 Å². The number of allylic oxidation sites excluding steroid dienone is 2. The average Bonchev–Trinajstić information content (AvgIpc) is 3.99. The molecule has 8 aromatic rings. The number of aromatic amines is 3. The lowest BCUT2D eigenvalue weighted by atomic mass is 10.0. The number of nitrogens with zero attached hydrogens (tertiary/aromatic N) is 2. The Hall–Kier alpha value is -5.56. The maximum Gasteiger partial charge on any atom is 0.0900 e. The fraction of sp³-hybridized carbons (Fsp3) is 0. The number of H-pyrrole nitrogens is 3. The smallest absolute Gasteiger partial charge is 0.0900 e. The maximum atomic E-state index is 6.54. The van der Waals surface area contributed by atoms with E-state index in [4.69, 9.17) is 56.4 Å². The van der Waals surface area contributed by atoms with Gasteiger partial charge in [-0.05, 0) is 108 Å². The van der Waals surface area contributed by atoms with Gasteiger partial charge in [0.25, 0.3) is 0 Å². The van der Waals surface area contributed by atoms with Crippen LogP contribution in [0.3, 0.4) is 0 Å². The Bertz CT molecular complexity index is 3010. The SMILES string of the molecule is Clc1ccc(C2=C3C=CC(=N3)c3c4ccc(Cl)cc4nc4cc([nH]c34)C(c3ccc(Cl)cc3)=c3ccc([nH]3)=C(c3ccc(Cl)cc3)c3ccc2[nH]3)cc1. The van der Waals surface area contributed by atoms with Gasteiger partial charge in [-0.1, -0.05) is 88.9 Å². The highest BCUT2D eigenvalue weighted by Gasteiger charge is 2.23. The van der Waals surface area contributed by atoms with Crippen molar-refractivity contribution in [2.45, 2.75) is 0 Å². The van der Waals surface area contributed by atoms with Crippen LogP contribution in [-0.4, -0.2) is 25.6 Å². The summed E-state index contributed by atoms with van der Waals surface area (Å²) in [4.78, 5) is 21.8. The standard InChI is InChI=1S/C44H25Cl4N5/c45-26-7-1-23(2-8-26)40-31-15-16-32(49-31)41(24-3-9-27(46)10-4-24)34-19-20-36(51-34)43-30-14-13-29(48)21-37(30)52-39-22-38(53-44(39)43)42(35-18-17-33(40)50-35)25-5-11-28(47)12-6-25/h1-22,49-50,53H. The first-order valence-electron chi connectivity index (χ1n) is 16.9. The van der Waals surface area contributed by atoms with Gasteiger partial charge in [0, 0.05) is 69.8 Å². The van der Waals surface area contributed by atoms with Gasteiger partial charge in [0.15, 0.2) is 0 Å². The Balaban J connectivity index is 1.38. The molecule has 2 aliphatic rings. The zero-order chi connectivity index (χ0) is 35.8. The summed E-state index contributed by atoms with van der Waals surface area (Å²) in [6, 6.07) is 40.0. The number of fused-ring (bicyclic) bond motifs is 9. The van der Waals surface area contributed by atoms with Crippen molar-refractivity contribution in [2.75, 3.05) is 0 Å². The molecule has 9 heteroatoms. The second-order valence-electron chi connectivity index (χ2n) is 13.0. The molecule has 0 fully saturated rings. The normalized spacial score (nSPS) is 13.9. The zero-order valence-corrected chi connectivity index (χ0v) is 30.6. The molecular formula is C44H25Cl4N5. The van der Waals surface area contributed by atoms with E-state index in [9.17, 15) is 0 Å². The fourth-order valence-corrected chi connectivity index (χ4v) is 7.96. The van der Waals surface area contributed by atoms with Crippen LogP contribution in [0.2, 0.25) is 20.1 Å². The van der Waals surface area contributed by atoms with Gasteiger partial charge in [-0.2, -0.15) is 0 Å². The van der Waals surface area contributed by atoms with E-state index in [1.807, 2.05) is 91.0 Å². The summed E-state index contributed by atoms with van der Waals surface area (Å²) in [5.41, 5.74) is 13.6. The van der Waals surface area contributed by atoms with Gasteiger partial charge in [-0.3, -0.25) is 0 Å². The quantitative estimate of drug-likeness (QED) is 0.165. The van der Waals surface area contributed by atoms with Gasteiger partial charge in [0.2, 0.25) is 0 Å². The molecule has 0 saturated heterocycles. The number of pyridine rings is 1. The Kier molecular flexibility index (Phi) is 7.60. The largest absolute Gasteiger partial charge is 0.354 e. The van der Waals surface area contributed by atoms with Gasteiger partial charge in [-0.15, -0.1) is 0 Å². The fourth-order valence-electron chi connectivity index (χ4n) is 7.41. The van der Waals surface area contributed by atoms with Crippen molar-refractivity contribution >= 4 is 90.8 Å². The lowest BCUT2D eigenvalue weighted by Gasteiger charge is -2.11. The number of nitrogens with one attached hydrogen (secondary N) is 3. The predicted molar refractivity (Wildman–Crippen MR) is 219 cm³/mol. The molecule has 0 unspecified atom stereocenters. The van der Waals surface area contributed by atoms with E-state index in [0.29, 0.717) is 20.1 Å². The zero-order valence-electron chi connectivity index (χ0n) is 27.6. The Morgan fingerprint density at radius 2 is 0.981 bits per heavy atom. The van der Waals surface area contributed by atoms with Crippen molar-refractivity contribution in [2.24, 2.45) is 4.99 Å². The van der Waals surface area contributed by atoms with E-state index in [-0.39, 0.29) is 0 Å². The summed E-state index contributed by atoms with van der Waals surface area (Å²) in [7, 11) is 0. The summed E-state index contributed by atoms with van der Waals surface area (Å²) < 4.78 is 0. The lowest BCUT2D eigenvalue weighted by Crippen LogP contribution is -2.17. The van der Waals surface area contributed by atoms with Gasteiger partial charge in [0.1, 0.15) is 0 Å². The minimum atomic E-state index is 0.613. The van der Waals surface area contributed by atoms with Crippen molar-refractivity contribution in [3.05, 3.63) is 209 Å². The van der Waals surface area contributed by atoms with Crippen LogP contribution in [0.5, 0.6) is 0 Å². The molecule has 4 aromatic carbocycles. The van der Waals surface area contributed by atoms with E-state index in [2.05, 4.69) is 57.4 Å². The van der Waals surface area contributed by atoms with E-state index in [0.717, 1.165) is 100 Å². The molecule has 0 spiro atoms. The van der Waals surface area contributed by atoms with Crippen molar-refractivity contribution < 1.29 is 0 Å². The number of benzene rings is 4. The summed E-state index contributed by atoms with van der Waals surface area (Å²) in [6.45, 7) is 0. The maximum absolute atomic E-state index is 6.54. The molecule has 254 valence electrons. The van der Waals surface area contributed by atoms with Crippen molar-refractivity contribution in [3.63, 3.8) is 0 Å². The number of halogens is 4. The van der Waals surface area contributed by atoms with Crippen LogP contribution in [0.15, 0.2) is 144 Å². The highest BCUT2D eigenvalue weighted by molar-refractivity contribution is 6.32. The first-order chi connectivity index (χ1) is 25.9. The molecule has 8 bridgehead atoms. The summed E-state index contributed by atoms with van der Waals surface area (Å²) in [5.74, 6) is 0. The van der Waals surface area contributed by atoms with Crippen LogP contribution >= 0.6 is 46.4 Å². The highest BCUT2D eigenvalue weighted by atomic mass is 35.5. The summed E-state index contributed by atoms with van der Waals surface area (Å²) >= 11 is 25.7. The number of aromatic nitrogens is 4. The molecule has 0 atom stereocenters. The average molecular weight is 766 g/mol. The third kappa shape index (κ3) is 5.56. The van der Waals surface area contributed by atoms with Crippen molar-refractivity contribution in [3.8, 4) is 0 Å². The minimum absolute atomic E-state index is 0.613. The molecule has 53 heavy (non-hydrogen) atoms. The number of aliphatic imine (C=N–C) groups is 1. The second kappa shape index (κ2) is 12.5. The van der Waals surface area contributed by atoms with E-state index >= 15 is 0 Å². The molecular weight excluding hydrogens is 740 g/mol. The third-order valence-corrected chi connectivity index (χ3v) is 10.8.